The number of hydrogen-bond donors (Lipinski definition) is 0. The first-order valence-corrected chi connectivity index (χ1v) is 9.80. The van der Waals surface area contributed by atoms with Crippen molar-refractivity contribution in [2.75, 3.05) is 31.1 Å². The zero-order valence-electron chi connectivity index (χ0n) is 15.0. The molecule has 1 saturated carbocycles. The third-order valence-corrected chi connectivity index (χ3v) is 5.70. The second-order valence-electron chi connectivity index (χ2n) is 7.44. The Hall–Kier alpha value is -1.81. The Labute approximate surface area is 150 Å². The van der Waals surface area contributed by atoms with E-state index in [1.165, 1.54) is 50.8 Å². The highest BCUT2D eigenvalue weighted by atomic mass is 16.5. The van der Waals surface area contributed by atoms with Gasteiger partial charge in [-0.05, 0) is 62.9 Å². The van der Waals surface area contributed by atoms with E-state index in [1.807, 2.05) is 35.2 Å². The maximum absolute atomic E-state index is 12.5. The van der Waals surface area contributed by atoms with E-state index in [4.69, 9.17) is 4.74 Å². The van der Waals surface area contributed by atoms with Crippen molar-refractivity contribution in [2.45, 2.75) is 51.0 Å². The second-order valence-corrected chi connectivity index (χ2v) is 7.44. The second kappa shape index (κ2) is 7.61. The Balaban J connectivity index is 1.38. The van der Waals surface area contributed by atoms with Crippen molar-refractivity contribution >= 4 is 11.6 Å². The predicted octanol–water partition coefficient (Wildman–Crippen LogP) is 3.77. The molecule has 2 aliphatic heterocycles. The molecule has 134 valence electrons. The molecule has 1 aromatic rings. The van der Waals surface area contributed by atoms with Crippen molar-refractivity contribution in [1.82, 2.24) is 4.90 Å². The van der Waals surface area contributed by atoms with Gasteiger partial charge in [0, 0.05) is 24.4 Å². The van der Waals surface area contributed by atoms with E-state index in [1.54, 1.807) is 0 Å². The van der Waals surface area contributed by atoms with Crippen LogP contribution in [0.15, 0.2) is 35.9 Å². The van der Waals surface area contributed by atoms with Gasteiger partial charge in [-0.25, -0.2) is 0 Å². The number of carbonyl (C=O) groups excluding carboxylic acids is 1. The van der Waals surface area contributed by atoms with Crippen LogP contribution >= 0.6 is 0 Å². The number of fused-ring (bicyclic) bond motifs is 1. The minimum Gasteiger partial charge on any atom is -0.492 e. The summed E-state index contributed by atoms with van der Waals surface area (Å²) in [4.78, 5) is 16.9. The average Bonchev–Trinajstić information content (AvgIpc) is 2.98. The summed E-state index contributed by atoms with van der Waals surface area (Å²) in [6.45, 7) is 4.09. The van der Waals surface area contributed by atoms with Crippen molar-refractivity contribution in [2.24, 2.45) is 0 Å². The monoisotopic (exact) mass is 340 g/mol. The lowest BCUT2D eigenvalue weighted by Crippen LogP contribution is -2.36. The number of nitrogens with zero attached hydrogens (tertiary/aromatic N) is 2. The van der Waals surface area contributed by atoms with Gasteiger partial charge in [0.25, 0.3) is 5.91 Å². The van der Waals surface area contributed by atoms with Gasteiger partial charge in [-0.1, -0.05) is 18.9 Å². The molecule has 1 unspecified atom stereocenters. The topological polar surface area (TPSA) is 32.8 Å². The van der Waals surface area contributed by atoms with Crippen LogP contribution in [-0.4, -0.2) is 43.1 Å². The summed E-state index contributed by atoms with van der Waals surface area (Å²) in [5, 5.41) is 0. The molecule has 0 spiro atoms. The van der Waals surface area contributed by atoms with Crippen molar-refractivity contribution in [3.8, 4) is 5.75 Å². The average molecular weight is 340 g/mol. The quantitative estimate of drug-likeness (QED) is 0.818. The molecule has 4 nitrogen and oxygen atoms in total. The van der Waals surface area contributed by atoms with Crippen molar-refractivity contribution < 1.29 is 9.53 Å². The van der Waals surface area contributed by atoms with E-state index in [9.17, 15) is 4.79 Å². The van der Waals surface area contributed by atoms with E-state index in [0.29, 0.717) is 6.61 Å². The highest BCUT2D eigenvalue weighted by Crippen LogP contribution is 2.36. The minimum atomic E-state index is 0.132. The van der Waals surface area contributed by atoms with Gasteiger partial charge in [0.05, 0.1) is 6.04 Å². The number of hydrogen-bond acceptors (Lipinski definition) is 3. The van der Waals surface area contributed by atoms with E-state index in [2.05, 4.69) is 4.90 Å². The van der Waals surface area contributed by atoms with E-state index in [0.717, 1.165) is 30.8 Å². The van der Waals surface area contributed by atoms with Crippen LogP contribution in [0.25, 0.3) is 0 Å². The summed E-state index contributed by atoms with van der Waals surface area (Å²) in [6.07, 6.45) is 10.4. The Morgan fingerprint density at radius 3 is 2.84 bits per heavy atom. The Morgan fingerprint density at radius 2 is 1.96 bits per heavy atom. The first kappa shape index (κ1) is 16.6. The molecule has 1 atom stereocenters. The summed E-state index contributed by atoms with van der Waals surface area (Å²) in [6, 6.07) is 8.32. The summed E-state index contributed by atoms with van der Waals surface area (Å²) in [7, 11) is 0. The van der Waals surface area contributed by atoms with Gasteiger partial charge >= 0.3 is 0 Å². The summed E-state index contributed by atoms with van der Waals surface area (Å²) in [5.74, 6) is 0.999. The zero-order valence-corrected chi connectivity index (χ0v) is 15.0. The smallest absolute Gasteiger partial charge is 0.251 e. The molecule has 4 heteroatoms. The van der Waals surface area contributed by atoms with Gasteiger partial charge in [0.1, 0.15) is 12.4 Å². The van der Waals surface area contributed by atoms with Gasteiger partial charge in [0.2, 0.25) is 0 Å². The molecule has 0 radical (unpaired) electrons. The molecule has 3 aliphatic rings. The van der Waals surface area contributed by atoms with Crippen LogP contribution in [0.2, 0.25) is 0 Å². The van der Waals surface area contributed by atoms with Crippen molar-refractivity contribution in [1.29, 1.82) is 0 Å². The van der Waals surface area contributed by atoms with Crippen LogP contribution in [0.5, 0.6) is 5.75 Å². The standard InChI is InChI=1S/C21H28N2O2/c24-21-15-17-7-2-3-10-20(17)23(21)18-8-6-9-19(16-18)25-14-13-22-11-4-1-5-12-22/h6,8-9,15-16,20H,1-5,7,10-14H2. The number of benzene rings is 1. The minimum absolute atomic E-state index is 0.132. The lowest BCUT2D eigenvalue weighted by Gasteiger charge is -2.30. The van der Waals surface area contributed by atoms with Crippen LogP contribution in [0.4, 0.5) is 5.69 Å². The molecule has 0 aromatic heterocycles. The highest BCUT2D eigenvalue weighted by Gasteiger charge is 2.35. The molecule has 1 amide bonds. The fourth-order valence-corrected chi connectivity index (χ4v) is 4.37. The van der Waals surface area contributed by atoms with Gasteiger partial charge in [-0.15, -0.1) is 0 Å². The van der Waals surface area contributed by atoms with Gasteiger partial charge in [0.15, 0.2) is 0 Å². The summed E-state index contributed by atoms with van der Waals surface area (Å²) < 4.78 is 5.98. The number of amides is 1. The number of piperidine rings is 1. The van der Waals surface area contributed by atoms with Crippen molar-refractivity contribution in [3.63, 3.8) is 0 Å². The van der Waals surface area contributed by atoms with E-state index < -0.39 is 0 Å². The summed E-state index contributed by atoms with van der Waals surface area (Å²) >= 11 is 0. The largest absolute Gasteiger partial charge is 0.492 e. The molecule has 4 rings (SSSR count). The van der Waals surface area contributed by atoms with Gasteiger partial charge in [-0.3, -0.25) is 9.69 Å². The zero-order chi connectivity index (χ0) is 17.1. The Kier molecular flexibility index (Phi) is 5.07. The fraction of sp³-hybridized carbons (Fsp3) is 0.571. The number of rotatable bonds is 5. The lowest BCUT2D eigenvalue weighted by atomic mass is 9.91. The molecule has 1 aromatic carbocycles. The first-order chi connectivity index (χ1) is 12.3. The third-order valence-electron chi connectivity index (χ3n) is 5.70. The predicted molar refractivity (Wildman–Crippen MR) is 100 cm³/mol. The maximum Gasteiger partial charge on any atom is 0.251 e. The summed E-state index contributed by atoms with van der Waals surface area (Å²) in [5.41, 5.74) is 2.28. The number of likely N-dealkylation sites (tertiary alicyclic amines) is 1. The van der Waals surface area contributed by atoms with Crippen molar-refractivity contribution in [3.05, 3.63) is 35.9 Å². The number of anilines is 1. The Bertz CT molecular complexity index is 649. The molecule has 1 saturated heterocycles. The van der Waals surface area contributed by atoms with Gasteiger partial charge < -0.3 is 9.64 Å². The number of ether oxygens (including phenoxy) is 1. The van der Waals surface area contributed by atoms with Crippen LogP contribution < -0.4 is 9.64 Å². The van der Waals surface area contributed by atoms with Crippen LogP contribution in [0, 0.1) is 0 Å². The van der Waals surface area contributed by atoms with Gasteiger partial charge in [-0.2, -0.15) is 0 Å². The SMILES string of the molecule is O=C1C=C2CCCCC2N1c1cccc(OCCN2CCCCC2)c1. The van der Waals surface area contributed by atoms with Crippen LogP contribution in [-0.2, 0) is 4.79 Å². The van der Waals surface area contributed by atoms with E-state index >= 15 is 0 Å². The molecular weight excluding hydrogens is 312 g/mol. The van der Waals surface area contributed by atoms with E-state index in [-0.39, 0.29) is 11.9 Å². The highest BCUT2D eigenvalue weighted by molar-refractivity contribution is 6.06. The Morgan fingerprint density at radius 1 is 1.08 bits per heavy atom. The maximum atomic E-state index is 12.5. The molecule has 2 heterocycles. The normalized spacial score (nSPS) is 24.2. The first-order valence-electron chi connectivity index (χ1n) is 9.80. The molecule has 0 bridgehead atoms. The molecular formula is C21H28N2O2. The molecule has 1 aliphatic carbocycles. The fourth-order valence-electron chi connectivity index (χ4n) is 4.37. The lowest BCUT2D eigenvalue weighted by molar-refractivity contribution is -0.113. The van der Waals surface area contributed by atoms with Crippen LogP contribution in [0.3, 0.4) is 0 Å². The molecule has 25 heavy (non-hydrogen) atoms. The third kappa shape index (κ3) is 3.74. The number of carbonyl (C=O) groups is 1. The van der Waals surface area contributed by atoms with Crippen LogP contribution in [0.1, 0.15) is 44.9 Å². The molecule has 0 N–H and O–H groups in total. The molecule has 2 fully saturated rings.